The molecule has 2 aromatic heterocycles. The van der Waals surface area contributed by atoms with Crippen LogP contribution in [0.2, 0.25) is 0 Å². The van der Waals surface area contributed by atoms with Gasteiger partial charge in [-0.15, -0.1) is 16.4 Å². The molecule has 0 atom stereocenters. The molecule has 132 valence electrons. The van der Waals surface area contributed by atoms with Gasteiger partial charge in [0.25, 0.3) is 0 Å². The first-order valence-electron chi connectivity index (χ1n) is 9.28. The van der Waals surface area contributed by atoms with Crippen LogP contribution in [-0.4, -0.2) is 26.7 Å². The van der Waals surface area contributed by atoms with E-state index in [1.807, 2.05) is 0 Å². The third-order valence-corrected chi connectivity index (χ3v) is 8.12. The Kier molecular flexibility index (Phi) is 4.01. The Hall–Kier alpha value is -1.14. The second-order valence-electron chi connectivity index (χ2n) is 8.23. The summed E-state index contributed by atoms with van der Waals surface area (Å²) in [5.41, 5.74) is -0.00213. The maximum atomic E-state index is 13.0. The average molecular weight is 374 g/mol. The van der Waals surface area contributed by atoms with E-state index < -0.39 is 0 Å². The van der Waals surface area contributed by atoms with E-state index in [-0.39, 0.29) is 5.41 Å². The van der Waals surface area contributed by atoms with Crippen molar-refractivity contribution in [2.75, 3.05) is 5.75 Å². The summed E-state index contributed by atoms with van der Waals surface area (Å²) < 4.78 is 0. The highest BCUT2D eigenvalue weighted by molar-refractivity contribution is 7.99. The van der Waals surface area contributed by atoms with Crippen LogP contribution in [0.1, 0.15) is 49.2 Å². The number of aromatic nitrogens is 3. The monoisotopic (exact) mass is 373 g/mol. The molecule has 4 fully saturated rings. The van der Waals surface area contributed by atoms with Crippen molar-refractivity contribution in [1.82, 2.24) is 15.2 Å². The number of Topliss-reactive ketones (excluding diaryl/α,β-unsaturated/α-hetero) is 1. The second-order valence-corrected chi connectivity index (χ2v) is 10.2. The van der Waals surface area contributed by atoms with Crippen molar-refractivity contribution in [2.45, 2.75) is 50.1 Å². The summed E-state index contributed by atoms with van der Waals surface area (Å²) in [6.45, 7) is 0. The quantitative estimate of drug-likeness (QED) is 0.766. The van der Waals surface area contributed by atoms with Gasteiger partial charge in [-0.1, -0.05) is 17.8 Å². The lowest BCUT2D eigenvalue weighted by Gasteiger charge is -2.56. The van der Waals surface area contributed by atoms with Gasteiger partial charge in [0.15, 0.2) is 0 Å². The molecule has 0 amide bonds. The minimum atomic E-state index is -0.00213. The standard InChI is InChI=1S/C19H23N3OS2/c23-16(19-8-12-4-13(9-19)6-14(5-12)10-19)11-25-18-20-17(21-22-18)7-15-2-1-3-24-15/h1-3,12-14H,4-11H2,(H,20,21,22). The number of hydrogen-bond donors (Lipinski definition) is 1. The van der Waals surface area contributed by atoms with Crippen LogP contribution in [0.4, 0.5) is 0 Å². The number of hydrogen-bond acceptors (Lipinski definition) is 5. The Bertz CT molecular complexity index is 732. The fourth-order valence-corrected chi connectivity index (χ4v) is 7.30. The third-order valence-electron chi connectivity index (χ3n) is 6.40. The molecule has 2 aromatic rings. The zero-order valence-corrected chi connectivity index (χ0v) is 15.9. The predicted octanol–water partition coefficient (Wildman–Crippen LogP) is 4.33. The molecule has 0 spiro atoms. The van der Waals surface area contributed by atoms with Gasteiger partial charge in [0, 0.05) is 16.7 Å². The summed E-state index contributed by atoms with van der Waals surface area (Å²) in [5, 5.41) is 10.1. The molecule has 0 unspecified atom stereocenters. The summed E-state index contributed by atoms with van der Waals surface area (Å²) in [5.74, 6) is 4.33. The maximum absolute atomic E-state index is 13.0. The van der Waals surface area contributed by atoms with Crippen molar-refractivity contribution < 1.29 is 4.79 Å². The highest BCUT2D eigenvalue weighted by Crippen LogP contribution is 2.60. The predicted molar refractivity (Wildman–Crippen MR) is 99.8 cm³/mol. The maximum Gasteiger partial charge on any atom is 0.208 e. The first-order chi connectivity index (χ1) is 12.2. The molecule has 6 rings (SSSR count). The van der Waals surface area contributed by atoms with Crippen LogP contribution in [0.25, 0.3) is 0 Å². The van der Waals surface area contributed by atoms with Crippen molar-refractivity contribution in [3.8, 4) is 0 Å². The van der Waals surface area contributed by atoms with Crippen LogP contribution in [0.15, 0.2) is 22.7 Å². The Labute approximate surface area is 156 Å². The number of nitrogens with zero attached hydrogens (tertiary/aromatic N) is 2. The number of aromatic amines is 1. The normalized spacial score (nSPS) is 33.0. The molecule has 0 aromatic carbocycles. The van der Waals surface area contributed by atoms with Crippen LogP contribution >= 0.6 is 23.1 Å². The number of rotatable bonds is 6. The van der Waals surface area contributed by atoms with Crippen molar-refractivity contribution in [2.24, 2.45) is 23.2 Å². The van der Waals surface area contributed by atoms with Gasteiger partial charge in [0.05, 0.1) is 5.75 Å². The van der Waals surface area contributed by atoms with E-state index in [0.29, 0.717) is 16.7 Å². The van der Waals surface area contributed by atoms with Gasteiger partial charge in [-0.25, -0.2) is 4.98 Å². The fraction of sp³-hybridized carbons (Fsp3) is 0.632. The molecule has 4 saturated carbocycles. The van der Waals surface area contributed by atoms with E-state index in [1.165, 1.54) is 35.9 Å². The lowest BCUT2D eigenvalue weighted by atomic mass is 9.48. The molecule has 25 heavy (non-hydrogen) atoms. The lowest BCUT2D eigenvalue weighted by Crippen LogP contribution is -2.50. The fourth-order valence-electron chi connectivity index (χ4n) is 5.73. The largest absolute Gasteiger partial charge is 0.298 e. The molecular formula is C19H23N3OS2. The van der Waals surface area contributed by atoms with Crippen LogP contribution in [-0.2, 0) is 11.2 Å². The van der Waals surface area contributed by atoms with Gasteiger partial charge in [-0.05, 0) is 67.7 Å². The van der Waals surface area contributed by atoms with Gasteiger partial charge in [-0.3, -0.25) is 9.89 Å². The van der Waals surface area contributed by atoms with Gasteiger partial charge < -0.3 is 0 Å². The van der Waals surface area contributed by atoms with E-state index >= 15 is 0 Å². The molecule has 0 aliphatic heterocycles. The molecular weight excluding hydrogens is 350 g/mol. The van der Waals surface area contributed by atoms with Crippen LogP contribution in [0, 0.1) is 23.2 Å². The Morgan fingerprint density at radius 2 is 1.96 bits per heavy atom. The highest BCUT2D eigenvalue weighted by Gasteiger charge is 2.54. The van der Waals surface area contributed by atoms with Crippen LogP contribution in [0.5, 0.6) is 0 Å². The summed E-state index contributed by atoms with van der Waals surface area (Å²) in [6.07, 6.45) is 8.38. The third kappa shape index (κ3) is 3.08. The topological polar surface area (TPSA) is 58.6 Å². The molecule has 2 heterocycles. The summed E-state index contributed by atoms with van der Waals surface area (Å²) in [7, 11) is 0. The molecule has 1 N–H and O–H groups in total. The van der Waals surface area contributed by atoms with Crippen molar-refractivity contribution >= 4 is 28.9 Å². The number of ketones is 1. The second kappa shape index (κ2) is 6.23. The number of carbonyl (C=O) groups excluding carboxylic acids is 1. The van der Waals surface area contributed by atoms with Crippen LogP contribution in [0.3, 0.4) is 0 Å². The van der Waals surface area contributed by atoms with Gasteiger partial charge in [0.1, 0.15) is 11.6 Å². The minimum absolute atomic E-state index is 0.00213. The summed E-state index contributed by atoms with van der Waals surface area (Å²) in [4.78, 5) is 18.9. The van der Waals surface area contributed by atoms with E-state index in [0.717, 1.165) is 49.3 Å². The zero-order chi connectivity index (χ0) is 16.9. The molecule has 6 heteroatoms. The number of H-pyrrole nitrogens is 1. The van der Waals surface area contributed by atoms with E-state index in [1.54, 1.807) is 11.3 Å². The highest BCUT2D eigenvalue weighted by atomic mass is 32.2. The van der Waals surface area contributed by atoms with Crippen LogP contribution < -0.4 is 0 Å². The molecule has 4 aliphatic carbocycles. The Morgan fingerprint density at radius 3 is 2.60 bits per heavy atom. The first-order valence-corrected chi connectivity index (χ1v) is 11.1. The van der Waals surface area contributed by atoms with Crippen molar-refractivity contribution in [3.63, 3.8) is 0 Å². The summed E-state index contributed by atoms with van der Waals surface area (Å²) >= 11 is 3.24. The van der Waals surface area contributed by atoms with Crippen molar-refractivity contribution in [1.29, 1.82) is 0 Å². The average Bonchev–Trinajstić information content (AvgIpc) is 3.24. The SMILES string of the molecule is O=C(CSc1n[nH]c(Cc2cccs2)n1)C12CC3CC(CC(C3)C1)C2. The van der Waals surface area contributed by atoms with Crippen molar-refractivity contribution in [3.05, 3.63) is 28.2 Å². The minimum Gasteiger partial charge on any atom is -0.298 e. The zero-order valence-electron chi connectivity index (χ0n) is 14.2. The van der Waals surface area contributed by atoms with Gasteiger partial charge >= 0.3 is 0 Å². The lowest BCUT2D eigenvalue weighted by molar-refractivity contribution is -0.141. The summed E-state index contributed by atoms with van der Waals surface area (Å²) in [6, 6.07) is 4.16. The number of thioether (sulfide) groups is 1. The first kappa shape index (κ1) is 16.1. The Morgan fingerprint density at radius 1 is 1.24 bits per heavy atom. The van der Waals surface area contributed by atoms with E-state index in [9.17, 15) is 4.79 Å². The Balaban J connectivity index is 1.21. The molecule has 4 aliphatic rings. The van der Waals surface area contributed by atoms with Gasteiger partial charge in [0.2, 0.25) is 5.16 Å². The van der Waals surface area contributed by atoms with E-state index in [2.05, 4.69) is 32.7 Å². The van der Waals surface area contributed by atoms with Gasteiger partial charge in [-0.2, -0.15) is 0 Å². The number of nitrogens with one attached hydrogen (secondary N) is 1. The van der Waals surface area contributed by atoms with E-state index in [4.69, 9.17) is 0 Å². The molecule has 4 bridgehead atoms. The smallest absolute Gasteiger partial charge is 0.208 e. The molecule has 0 radical (unpaired) electrons. The molecule has 0 saturated heterocycles. The number of thiophene rings is 1. The molecule has 4 nitrogen and oxygen atoms in total. The number of carbonyl (C=O) groups is 1.